The van der Waals surface area contributed by atoms with Gasteiger partial charge < -0.3 is 10.1 Å². The normalized spacial score (nSPS) is 13.4. The second-order valence-electron chi connectivity index (χ2n) is 4.03. The summed E-state index contributed by atoms with van der Waals surface area (Å²) in [6, 6.07) is 0.637. The number of nitrogens with one attached hydrogen (secondary N) is 1. The molecule has 0 aromatic heterocycles. The number of ether oxygens (including phenoxy) is 1. The van der Waals surface area contributed by atoms with Gasteiger partial charge in [0.15, 0.2) is 0 Å². The average molecular weight is 216 g/mol. The molecule has 0 saturated heterocycles. The Kier molecular flexibility index (Phi) is 10.3. The van der Waals surface area contributed by atoms with Crippen LogP contribution in [0.3, 0.4) is 0 Å². The molecule has 0 aromatic rings. The Morgan fingerprint density at radius 2 is 2.07 bits per heavy atom. The fourth-order valence-electron chi connectivity index (χ4n) is 1.76. The van der Waals surface area contributed by atoms with Crippen molar-refractivity contribution in [3.63, 3.8) is 0 Å². The lowest BCUT2D eigenvalue weighted by molar-refractivity contribution is 0.189. The van der Waals surface area contributed by atoms with Crippen LogP contribution < -0.4 is 5.32 Å². The highest BCUT2D eigenvalue weighted by molar-refractivity contribution is 4.67. The molecule has 0 amide bonds. The summed E-state index contributed by atoms with van der Waals surface area (Å²) in [4.78, 5) is 2.52. The van der Waals surface area contributed by atoms with Crippen molar-refractivity contribution in [3.05, 3.63) is 0 Å². The molecule has 0 radical (unpaired) electrons. The van der Waals surface area contributed by atoms with Gasteiger partial charge in [0.1, 0.15) is 0 Å². The van der Waals surface area contributed by atoms with Crippen molar-refractivity contribution < 1.29 is 4.74 Å². The van der Waals surface area contributed by atoms with E-state index in [4.69, 9.17) is 4.74 Å². The molecule has 0 aromatic carbocycles. The largest absolute Gasteiger partial charge is 0.385 e. The molecule has 0 bridgehead atoms. The third-order valence-electron chi connectivity index (χ3n) is 2.68. The summed E-state index contributed by atoms with van der Waals surface area (Å²) in [6.07, 6.45) is 2.34. The minimum Gasteiger partial charge on any atom is -0.385 e. The molecule has 3 nitrogen and oxygen atoms in total. The zero-order valence-electron chi connectivity index (χ0n) is 10.9. The maximum absolute atomic E-state index is 5.01. The van der Waals surface area contributed by atoms with Crippen molar-refractivity contribution in [1.82, 2.24) is 10.2 Å². The lowest BCUT2D eigenvalue weighted by Gasteiger charge is -2.27. The molecular weight excluding hydrogens is 188 g/mol. The van der Waals surface area contributed by atoms with Gasteiger partial charge in [0.05, 0.1) is 0 Å². The Morgan fingerprint density at radius 3 is 2.60 bits per heavy atom. The summed E-state index contributed by atoms with van der Waals surface area (Å²) in [5, 5.41) is 3.47. The van der Waals surface area contributed by atoms with Crippen LogP contribution in [0.5, 0.6) is 0 Å². The van der Waals surface area contributed by atoms with Crippen LogP contribution in [-0.4, -0.2) is 50.8 Å². The molecule has 3 heteroatoms. The van der Waals surface area contributed by atoms with Gasteiger partial charge in [0.25, 0.3) is 0 Å². The number of rotatable bonds is 10. The Bertz CT molecular complexity index is 131. The molecular formula is C12H28N2O. The van der Waals surface area contributed by atoms with Crippen LogP contribution in [0, 0.1) is 0 Å². The van der Waals surface area contributed by atoms with Gasteiger partial charge in [0, 0.05) is 26.3 Å². The zero-order valence-corrected chi connectivity index (χ0v) is 10.9. The summed E-state index contributed by atoms with van der Waals surface area (Å²) in [7, 11) is 1.75. The summed E-state index contributed by atoms with van der Waals surface area (Å²) >= 11 is 0. The molecule has 0 heterocycles. The Labute approximate surface area is 95.2 Å². The number of nitrogens with zero attached hydrogens (tertiary/aromatic N) is 1. The second kappa shape index (κ2) is 10.4. The second-order valence-corrected chi connectivity index (χ2v) is 4.03. The van der Waals surface area contributed by atoms with E-state index in [1.807, 2.05) is 0 Å². The average Bonchev–Trinajstić information content (AvgIpc) is 2.25. The molecule has 0 rings (SSSR count). The molecule has 0 fully saturated rings. The molecule has 15 heavy (non-hydrogen) atoms. The van der Waals surface area contributed by atoms with Crippen molar-refractivity contribution in [2.45, 2.75) is 39.7 Å². The maximum Gasteiger partial charge on any atom is 0.0474 e. The fraction of sp³-hybridized carbons (Fsp3) is 1.00. The first-order chi connectivity index (χ1) is 7.26. The van der Waals surface area contributed by atoms with Crippen LogP contribution in [0.2, 0.25) is 0 Å². The maximum atomic E-state index is 5.01. The van der Waals surface area contributed by atoms with E-state index in [0.29, 0.717) is 6.04 Å². The van der Waals surface area contributed by atoms with E-state index in [-0.39, 0.29) is 0 Å². The summed E-state index contributed by atoms with van der Waals surface area (Å²) in [5.74, 6) is 0. The monoisotopic (exact) mass is 216 g/mol. The van der Waals surface area contributed by atoms with Crippen molar-refractivity contribution in [1.29, 1.82) is 0 Å². The van der Waals surface area contributed by atoms with Gasteiger partial charge in [-0.2, -0.15) is 0 Å². The van der Waals surface area contributed by atoms with E-state index in [2.05, 4.69) is 31.0 Å². The highest BCUT2D eigenvalue weighted by atomic mass is 16.5. The first-order valence-corrected chi connectivity index (χ1v) is 6.19. The summed E-state index contributed by atoms with van der Waals surface area (Å²) in [6.45, 7) is 12.1. The topological polar surface area (TPSA) is 24.5 Å². The predicted octanol–water partition coefficient (Wildman–Crippen LogP) is 1.73. The standard InChI is InChI=1S/C12H28N2O/c1-5-9-14(6-2)12(3)11-13-8-7-10-15-4/h12-13H,5-11H2,1-4H3. The molecule has 1 atom stereocenters. The lowest BCUT2D eigenvalue weighted by Crippen LogP contribution is -2.41. The van der Waals surface area contributed by atoms with E-state index in [1.165, 1.54) is 13.0 Å². The van der Waals surface area contributed by atoms with Crippen LogP contribution >= 0.6 is 0 Å². The molecule has 1 N–H and O–H groups in total. The van der Waals surface area contributed by atoms with E-state index in [1.54, 1.807) is 7.11 Å². The van der Waals surface area contributed by atoms with Gasteiger partial charge >= 0.3 is 0 Å². The van der Waals surface area contributed by atoms with Crippen LogP contribution in [-0.2, 0) is 4.74 Å². The molecule has 92 valence electrons. The van der Waals surface area contributed by atoms with Gasteiger partial charge in [0.2, 0.25) is 0 Å². The van der Waals surface area contributed by atoms with Crippen molar-refractivity contribution >= 4 is 0 Å². The quantitative estimate of drug-likeness (QED) is 0.563. The van der Waals surface area contributed by atoms with Crippen LogP contribution in [0.1, 0.15) is 33.6 Å². The zero-order chi connectivity index (χ0) is 11.5. The van der Waals surface area contributed by atoms with Crippen molar-refractivity contribution in [2.24, 2.45) is 0 Å². The predicted molar refractivity (Wildman–Crippen MR) is 66.4 cm³/mol. The van der Waals surface area contributed by atoms with Gasteiger partial charge in [-0.25, -0.2) is 0 Å². The van der Waals surface area contributed by atoms with Crippen LogP contribution in [0.25, 0.3) is 0 Å². The smallest absolute Gasteiger partial charge is 0.0474 e. The van der Waals surface area contributed by atoms with Crippen molar-refractivity contribution in [3.8, 4) is 0 Å². The Hall–Kier alpha value is -0.120. The number of hydrogen-bond acceptors (Lipinski definition) is 3. The SMILES string of the molecule is CCCN(CC)C(C)CNCCCOC. The number of likely N-dealkylation sites (N-methyl/N-ethyl adjacent to an activating group) is 1. The molecule has 0 saturated carbocycles. The molecule has 0 aliphatic heterocycles. The third kappa shape index (κ3) is 7.77. The number of hydrogen-bond donors (Lipinski definition) is 1. The molecule has 0 aliphatic carbocycles. The van der Waals surface area contributed by atoms with E-state index in [0.717, 1.165) is 32.7 Å². The lowest BCUT2D eigenvalue weighted by atomic mass is 10.2. The first-order valence-electron chi connectivity index (χ1n) is 6.19. The highest BCUT2D eigenvalue weighted by Gasteiger charge is 2.09. The van der Waals surface area contributed by atoms with Crippen molar-refractivity contribution in [2.75, 3.05) is 39.9 Å². The Morgan fingerprint density at radius 1 is 1.33 bits per heavy atom. The third-order valence-corrected chi connectivity index (χ3v) is 2.68. The van der Waals surface area contributed by atoms with Gasteiger partial charge in [-0.05, 0) is 39.4 Å². The van der Waals surface area contributed by atoms with Crippen LogP contribution in [0.15, 0.2) is 0 Å². The van der Waals surface area contributed by atoms with Gasteiger partial charge in [-0.3, -0.25) is 4.90 Å². The van der Waals surface area contributed by atoms with Gasteiger partial charge in [-0.1, -0.05) is 13.8 Å². The first kappa shape index (κ1) is 14.9. The minimum absolute atomic E-state index is 0.637. The highest BCUT2D eigenvalue weighted by Crippen LogP contribution is 1.98. The molecule has 1 unspecified atom stereocenters. The fourth-order valence-corrected chi connectivity index (χ4v) is 1.76. The van der Waals surface area contributed by atoms with E-state index in [9.17, 15) is 0 Å². The molecule has 0 spiro atoms. The van der Waals surface area contributed by atoms with E-state index < -0.39 is 0 Å². The summed E-state index contributed by atoms with van der Waals surface area (Å²) < 4.78 is 5.01. The van der Waals surface area contributed by atoms with E-state index >= 15 is 0 Å². The molecule has 0 aliphatic rings. The minimum atomic E-state index is 0.637. The van der Waals surface area contributed by atoms with Gasteiger partial charge in [-0.15, -0.1) is 0 Å². The Balaban J connectivity index is 3.48. The van der Waals surface area contributed by atoms with Crippen LogP contribution in [0.4, 0.5) is 0 Å². The number of methoxy groups -OCH3 is 1. The summed E-state index contributed by atoms with van der Waals surface area (Å²) in [5.41, 5.74) is 0.